The average molecular weight is 300 g/mol. The van der Waals surface area contributed by atoms with Crippen LogP contribution in [0.25, 0.3) is 0 Å². The van der Waals surface area contributed by atoms with Crippen LogP contribution in [0, 0.1) is 5.92 Å². The minimum atomic E-state index is -0.643. The van der Waals surface area contributed by atoms with Gasteiger partial charge in [-0.3, -0.25) is 4.90 Å². The summed E-state index contributed by atoms with van der Waals surface area (Å²) in [5, 5.41) is 10.3. The van der Waals surface area contributed by atoms with E-state index in [0.29, 0.717) is 6.54 Å². The van der Waals surface area contributed by atoms with Crippen molar-refractivity contribution in [2.45, 2.75) is 32.9 Å². The van der Waals surface area contributed by atoms with Crippen molar-refractivity contribution in [3.63, 3.8) is 0 Å². The number of likely N-dealkylation sites (N-methyl/N-ethyl adjacent to an activating group) is 1. The second-order valence-electron chi connectivity index (χ2n) is 5.28. The quantitative estimate of drug-likeness (QED) is 0.902. The Morgan fingerprint density at radius 2 is 1.94 bits per heavy atom. The number of hydrogen-bond acceptors (Lipinski definition) is 2. The summed E-state index contributed by atoms with van der Waals surface area (Å²) >= 11 is 3.54. The molecule has 0 saturated heterocycles. The highest BCUT2D eigenvalue weighted by atomic mass is 79.9. The highest BCUT2D eigenvalue weighted by molar-refractivity contribution is 9.10. The van der Waals surface area contributed by atoms with Crippen LogP contribution in [0.3, 0.4) is 0 Å². The van der Waals surface area contributed by atoms with Crippen LogP contribution in [0.15, 0.2) is 28.7 Å². The summed E-state index contributed by atoms with van der Waals surface area (Å²) in [6, 6.07) is 8.20. The standard InChI is InChI=1S/C14H22BrNO/c1-11(2)14(3,17)10-16(4)9-12-7-5-6-8-13(12)15/h5-8,11,17H,9-10H2,1-4H3. The molecule has 0 amide bonds. The molecule has 0 bridgehead atoms. The van der Waals surface area contributed by atoms with E-state index in [2.05, 4.69) is 26.9 Å². The van der Waals surface area contributed by atoms with E-state index in [1.165, 1.54) is 5.56 Å². The molecule has 17 heavy (non-hydrogen) atoms. The number of halogens is 1. The molecule has 0 aromatic heterocycles. The van der Waals surface area contributed by atoms with Gasteiger partial charge in [-0.2, -0.15) is 0 Å². The summed E-state index contributed by atoms with van der Waals surface area (Å²) < 4.78 is 1.12. The molecule has 1 aromatic rings. The van der Waals surface area contributed by atoms with Gasteiger partial charge >= 0.3 is 0 Å². The van der Waals surface area contributed by atoms with Gasteiger partial charge in [0.15, 0.2) is 0 Å². The predicted molar refractivity (Wildman–Crippen MR) is 75.9 cm³/mol. The van der Waals surface area contributed by atoms with Crippen molar-refractivity contribution in [1.82, 2.24) is 4.90 Å². The first kappa shape index (κ1) is 14.7. The Morgan fingerprint density at radius 3 is 2.47 bits per heavy atom. The maximum atomic E-state index is 10.3. The van der Waals surface area contributed by atoms with Crippen LogP contribution in [0.5, 0.6) is 0 Å². The Bertz CT molecular complexity index is 363. The first-order valence-electron chi connectivity index (χ1n) is 5.97. The summed E-state index contributed by atoms with van der Waals surface area (Å²) in [6.45, 7) is 7.50. The summed E-state index contributed by atoms with van der Waals surface area (Å²) in [4.78, 5) is 2.15. The molecule has 1 atom stereocenters. The molecule has 2 nitrogen and oxygen atoms in total. The van der Waals surface area contributed by atoms with Crippen LogP contribution < -0.4 is 0 Å². The van der Waals surface area contributed by atoms with Crippen molar-refractivity contribution in [2.75, 3.05) is 13.6 Å². The highest BCUT2D eigenvalue weighted by Crippen LogP contribution is 2.21. The largest absolute Gasteiger partial charge is 0.389 e. The lowest BCUT2D eigenvalue weighted by atomic mass is 9.92. The van der Waals surface area contributed by atoms with Crippen LogP contribution in [-0.2, 0) is 6.54 Å². The summed E-state index contributed by atoms with van der Waals surface area (Å²) in [5.74, 6) is 0.254. The lowest BCUT2D eigenvalue weighted by Gasteiger charge is -2.32. The summed E-state index contributed by atoms with van der Waals surface area (Å²) in [5.41, 5.74) is 0.602. The topological polar surface area (TPSA) is 23.5 Å². The van der Waals surface area contributed by atoms with Crippen molar-refractivity contribution in [2.24, 2.45) is 5.92 Å². The summed E-state index contributed by atoms with van der Waals surface area (Å²) in [7, 11) is 2.04. The average Bonchev–Trinajstić information content (AvgIpc) is 2.20. The predicted octanol–water partition coefficient (Wildman–Crippen LogP) is 3.29. The van der Waals surface area contributed by atoms with Crippen LogP contribution in [0.1, 0.15) is 26.3 Å². The molecule has 1 N–H and O–H groups in total. The van der Waals surface area contributed by atoms with E-state index in [0.717, 1.165) is 11.0 Å². The molecule has 0 aliphatic heterocycles. The molecule has 0 saturated carbocycles. The summed E-state index contributed by atoms with van der Waals surface area (Å²) in [6.07, 6.45) is 0. The lowest BCUT2D eigenvalue weighted by molar-refractivity contribution is -0.0147. The van der Waals surface area contributed by atoms with Crippen molar-refractivity contribution in [1.29, 1.82) is 0 Å². The van der Waals surface area contributed by atoms with E-state index in [9.17, 15) is 5.11 Å². The van der Waals surface area contributed by atoms with E-state index in [1.54, 1.807) is 0 Å². The minimum Gasteiger partial charge on any atom is -0.389 e. The smallest absolute Gasteiger partial charge is 0.0768 e. The lowest BCUT2D eigenvalue weighted by Crippen LogP contribution is -2.42. The van der Waals surface area contributed by atoms with Gasteiger partial charge in [0.2, 0.25) is 0 Å². The zero-order valence-electron chi connectivity index (χ0n) is 11.1. The van der Waals surface area contributed by atoms with Crippen LogP contribution in [-0.4, -0.2) is 29.2 Å². The Hall–Kier alpha value is -0.380. The normalized spacial score (nSPS) is 15.3. The fraction of sp³-hybridized carbons (Fsp3) is 0.571. The number of aliphatic hydroxyl groups is 1. The van der Waals surface area contributed by atoms with Gasteiger partial charge in [-0.05, 0) is 31.5 Å². The maximum Gasteiger partial charge on any atom is 0.0768 e. The zero-order valence-corrected chi connectivity index (χ0v) is 12.7. The molecule has 0 aliphatic carbocycles. The molecule has 1 rings (SSSR count). The van der Waals surface area contributed by atoms with Crippen molar-refractivity contribution < 1.29 is 5.11 Å². The molecule has 0 spiro atoms. The number of benzene rings is 1. The fourth-order valence-electron chi connectivity index (χ4n) is 1.70. The van der Waals surface area contributed by atoms with Gasteiger partial charge in [0.1, 0.15) is 0 Å². The molecule has 0 heterocycles. The van der Waals surface area contributed by atoms with E-state index in [4.69, 9.17) is 0 Å². The Morgan fingerprint density at radius 1 is 1.35 bits per heavy atom. The van der Waals surface area contributed by atoms with E-state index < -0.39 is 5.60 Å². The maximum absolute atomic E-state index is 10.3. The molecule has 0 radical (unpaired) electrons. The van der Waals surface area contributed by atoms with Gasteiger partial charge in [0.25, 0.3) is 0 Å². The van der Waals surface area contributed by atoms with E-state index in [1.807, 2.05) is 46.0 Å². The van der Waals surface area contributed by atoms with Gasteiger partial charge in [0.05, 0.1) is 5.60 Å². The number of nitrogens with zero attached hydrogens (tertiary/aromatic N) is 1. The molecule has 1 unspecified atom stereocenters. The second-order valence-corrected chi connectivity index (χ2v) is 6.13. The highest BCUT2D eigenvalue weighted by Gasteiger charge is 2.26. The second kappa shape index (κ2) is 5.98. The van der Waals surface area contributed by atoms with Crippen molar-refractivity contribution >= 4 is 15.9 Å². The Labute approximate surface area is 113 Å². The third-order valence-electron chi connectivity index (χ3n) is 3.23. The first-order chi connectivity index (χ1) is 7.83. The van der Waals surface area contributed by atoms with Crippen LogP contribution in [0.4, 0.5) is 0 Å². The zero-order chi connectivity index (χ0) is 13.1. The molecular weight excluding hydrogens is 278 g/mol. The van der Waals surface area contributed by atoms with Gasteiger partial charge in [-0.15, -0.1) is 0 Å². The SMILES string of the molecule is CC(C)C(C)(O)CN(C)Cc1ccccc1Br. The Balaban J connectivity index is 2.62. The van der Waals surface area contributed by atoms with Crippen LogP contribution in [0.2, 0.25) is 0 Å². The Kier molecular flexibility index (Phi) is 5.17. The molecule has 96 valence electrons. The number of hydrogen-bond donors (Lipinski definition) is 1. The molecule has 3 heteroatoms. The molecule has 0 aliphatic rings. The van der Waals surface area contributed by atoms with Gasteiger partial charge < -0.3 is 5.11 Å². The van der Waals surface area contributed by atoms with Gasteiger partial charge in [0, 0.05) is 17.6 Å². The van der Waals surface area contributed by atoms with E-state index in [-0.39, 0.29) is 5.92 Å². The third-order valence-corrected chi connectivity index (χ3v) is 4.01. The van der Waals surface area contributed by atoms with Gasteiger partial charge in [-0.1, -0.05) is 48.0 Å². The van der Waals surface area contributed by atoms with E-state index >= 15 is 0 Å². The van der Waals surface area contributed by atoms with Crippen molar-refractivity contribution in [3.8, 4) is 0 Å². The van der Waals surface area contributed by atoms with Crippen molar-refractivity contribution in [3.05, 3.63) is 34.3 Å². The molecular formula is C14H22BrNO. The minimum absolute atomic E-state index is 0.254. The fourth-order valence-corrected chi connectivity index (χ4v) is 2.11. The first-order valence-corrected chi connectivity index (χ1v) is 6.76. The molecule has 1 aromatic carbocycles. The van der Waals surface area contributed by atoms with Gasteiger partial charge in [-0.25, -0.2) is 0 Å². The molecule has 0 fully saturated rings. The van der Waals surface area contributed by atoms with Crippen LogP contribution >= 0.6 is 15.9 Å². The number of rotatable bonds is 5. The monoisotopic (exact) mass is 299 g/mol. The third kappa shape index (κ3) is 4.41.